The lowest BCUT2D eigenvalue weighted by atomic mass is 9.65. The maximum Gasteiger partial charge on any atom is 0.133 e. The van der Waals surface area contributed by atoms with Gasteiger partial charge in [-0.1, -0.05) is 51.9 Å². The largest absolute Gasteiger partial charge is 0.381 e. The Morgan fingerprint density at radius 1 is 1.12 bits per heavy atom. The van der Waals surface area contributed by atoms with Crippen molar-refractivity contribution in [1.82, 2.24) is 0 Å². The molecular formula is C15H26O2. The van der Waals surface area contributed by atoms with Crippen molar-refractivity contribution in [3.8, 4) is 11.8 Å². The molecule has 17 heavy (non-hydrogen) atoms. The number of rotatable bonds is 1. The average Bonchev–Trinajstić information content (AvgIpc) is 2.25. The van der Waals surface area contributed by atoms with E-state index in [9.17, 15) is 10.2 Å². The predicted octanol–water partition coefficient (Wildman–Crippen LogP) is 2.73. The van der Waals surface area contributed by atoms with Crippen LogP contribution in [0.2, 0.25) is 0 Å². The molecule has 0 heterocycles. The fourth-order valence-corrected chi connectivity index (χ4v) is 2.64. The number of aliphatic hydroxyl groups is 2. The zero-order valence-electron chi connectivity index (χ0n) is 11.6. The van der Waals surface area contributed by atoms with Gasteiger partial charge in [0.1, 0.15) is 11.7 Å². The smallest absolute Gasteiger partial charge is 0.133 e. The van der Waals surface area contributed by atoms with Crippen molar-refractivity contribution in [2.24, 2.45) is 11.3 Å². The topological polar surface area (TPSA) is 40.5 Å². The van der Waals surface area contributed by atoms with Crippen molar-refractivity contribution >= 4 is 0 Å². The molecule has 0 aliphatic heterocycles. The third kappa shape index (κ3) is 3.47. The Bertz CT molecular complexity index is 297. The average molecular weight is 238 g/mol. The highest BCUT2D eigenvalue weighted by molar-refractivity contribution is 5.22. The van der Waals surface area contributed by atoms with Gasteiger partial charge in [-0.25, -0.2) is 0 Å². The van der Waals surface area contributed by atoms with Crippen molar-refractivity contribution in [2.45, 2.75) is 71.5 Å². The van der Waals surface area contributed by atoms with E-state index in [0.29, 0.717) is 0 Å². The number of hydrogen-bond donors (Lipinski definition) is 2. The van der Waals surface area contributed by atoms with E-state index in [1.54, 1.807) is 6.92 Å². The van der Waals surface area contributed by atoms with Crippen LogP contribution in [-0.2, 0) is 0 Å². The molecule has 0 aromatic carbocycles. The Labute approximate surface area is 105 Å². The van der Waals surface area contributed by atoms with Gasteiger partial charge in [0.05, 0.1) is 0 Å². The summed E-state index contributed by atoms with van der Waals surface area (Å²) < 4.78 is 0. The second kappa shape index (κ2) is 5.42. The predicted molar refractivity (Wildman–Crippen MR) is 70.4 cm³/mol. The van der Waals surface area contributed by atoms with Crippen LogP contribution in [0.4, 0.5) is 0 Å². The second-order valence-corrected chi connectivity index (χ2v) is 6.30. The summed E-state index contributed by atoms with van der Waals surface area (Å²) in [7, 11) is 0. The van der Waals surface area contributed by atoms with Crippen molar-refractivity contribution in [3.63, 3.8) is 0 Å². The molecule has 1 rings (SSSR count). The zero-order valence-corrected chi connectivity index (χ0v) is 11.6. The summed E-state index contributed by atoms with van der Waals surface area (Å²) in [5, 5.41) is 20.2. The minimum absolute atomic E-state index is 0.238. The summed E-state index contributed by atoms with van der Waals surface area (Å²) in [5.74, 6) is 5.94. The Kier molecular flexibility index (Phi) is 4.63. The SMILES string of the molecule is CC(O)C#CC(O)(C1CCCCC1)C(C)(C)C. The fraction of sp³-hybridized carbons (Fsp3) is 0.867. The summed E-state index contributed by atoms with van der Waals surface area (Å²) >= 11 is 0. The molecule has 2 N–H and O–H groups in total. The van der Waals surface area contributed by atoms with Gasteiger partial charge in [0.2, 0.25) is 0 Å². The molecular weight excluding hydrogens is 212 g/mol. The lowest BCUT2D eigenvalue weighted by Crippen LogP contribution is -2.49. The van der Waals surface area contributed by atoms with Crippen molar-refractivity contribution < 1.29 is 10.2 Å². The highest BCUT2D eigenvalue weighted by Crippen LogP contribution is 2.42. The molecule has 0 amide bonds. The van der Waals surface area contributed by atoms with E-state index >= 15 is 0 Å². The summed E-state index contributed by atoms with van der Waals surface area (Å²) in [6.45, 7) is 7.71. The molecule has 0 bridgehead atoms. The molecule has 0 aromatic heterocycles. The van der Waals surface area contributed by atoms with E-state index in [2.05, 4.69) is 11.8 Å². The van der Waals surface area contributed by atoms with E-state index in [1.807, 2.05) is 20.8 Å². The van der Waals surface area contributed by atoms with Crippen LogP contribution < -0.4 is 0 Å². The Morgan fingerprint density at radius 2 is 1.65 bits per heavy atom. The van der Waals surface area contributed by atoms with Crippen LogP contribution in [0.15, 0.2) is 0 Å². The maximum absolute atomic E-state index is 10.9. The maximum atomic E-state index is 10.9. The Hall–Kier alpha value is -0.520. The zero-order chi connectivity index (χ0) is 13.1. The first kappa shape index (κ1) is 14.5. The summed E-state index contributed by atoms with van der Waals surface area (Å²) in [4.78, 5) is 0. The molecule has 1 aliphatic carbocycles. The van der Waals surface area contributed by atoms with Crippen LogP contribution in [0.25, 0.3) is 0 Å². The molecule has 1 aliphatic rings. The van der Waals surface area contributed by atoms with E-state index in [0.717, 1.165) is 12.8 Å². The molecule has 1 saturated carbocycles. The van der Waals surface area contributed by atoms with Gasteiger partial charge < -0.3 is 10.2 Å². The minimum atomic E-state index is -0.982. The first-order chi connectivity index (χ1) is 7.77. The van der Waals surface area contributed by atoms with E-state index in [4.69, 9.17) is 0 Å². The number of aliphatic hydroxyl groups excluding tert-OH is 1. The lowest BCUT2D eigenvalue weighted by Gasteiger charge is -2.43. The van der Waals surface area contributed by atoms with Gasteiger partial charge in [-0.3, -0.25) is 0 Å². The first-order valence-corrected chi connectivity index (χ1v) is 6.70. The molecule has 0 aromatic rings. The summed E-state index contributed by atoms with van der Waals surface area (Å²) in [6.07, 6.45) is 5.04. The quantitative estimate of drug-likeness (QED) is 0.690. The van der Waals surface area contributed by atoms with Crippen LogP contribution in [0.5, 0.6) is 0 Å². The highest BCUT2D eigenvalue weighted by atomic mass is 16.3. The monoisotopic (exact) mass is 238 g/mol. The van der Waals surface area contributed by atoms with Crippen LogP contribution in [-0.4, -0.2) is 21.9 Å². The van der Waals surface area contributed by atoms with Crippen LogP contribution in [0, 0.1) is 23.2 Å². The molecule has 2 unspecified atom stereocenters. The Balaban J connectivity index is 2.98. The normalized spacial score (nSPS) is 23.4. The van der Waals surface area contributed by atoms with Crippen LogP contribution in [0.3, 0.4) is 0 Å². The molecule has 0 saturated heterocycles. The van der Waals surface area contributed by atoms with Gasteiger partial charge in [0.15, 0.2) is 0 Å². The van der Waals surface area contributed by atoms with Crippen LogP contribution in [0.1, 0.15) is 59.8 Å². The van der Waals surface area contributed by atoms with Crippen molar-refractivity contribution in [3.05, 3.63) is 0 Å². The van der Waals surface area contributed by atoms with Crippen molar-refractivity contribution in [2.75, 3.05) is 0 Å². The molecule has 2 nitrogen and oxygen atoms in total. The fourth-order valence-electron chi connectivity index (χ4n) is 2.64. The third-order valence-corrected chi connectivity index (χ3v) is 3.81. The third-order valence-electron chi connectivity index (χ3n) is 3.81. The molecule has 0 radical (unpaired) electrons. The van der Waals surface area contributed by atoms with Crippen molar-refractivity contribution in [1.29, 1.82) is 0 Å². The molecule has 2 atom stereocenters. The van der Waals surface area contributed by atoms with E-state index in [-0.39, 0.29) is 11.3 Å². The minimum Gasteiger partial charge on any atom is -0.381 e. The van der Waals surface area contributed by atoms with Gasteiger partial charge >= 0.3 is 0 Å². The molecule has 0 spiro atoms. The molecule has 1 fully saturated rings. The van der Waals surface area contributed by atoms with E-state index in [1.165, 1.54) is 19.3 Å². The standard InChI is InChI=1S/C15H26O2/c1-12(16)10-11-15(17,14(2,3)4)13-8-6-5-7-9-13/h12-13,16-17H,5-9H2,1-4H3. The highest BCUT2D eigenvalue weighted by Gasteiger charge is 2.45. The van der Waals surface area contributed by atoms with Gasteiger partial charge in [0.25, 0.3) is 0 Å². The van der Waals surface area contributed by atoms with Gasteiger partial charge in [-0.05, 0) is 25.7 Å². The second-order valence-electron chi connectivity index (χ2n) is 6.30. The van der Waals surface area contributed by atoms with Gasteiger partial charge in [-0.15, -0.1) is 0 Å². The van der Waals surface area contributed by atoms with Gasteiger partial charge in [0, 0.05) is 5.41 Å². The number of hydrogen-bond acceptors (Lipinski definition) is 2. The summed E-state index contributed by atoms with van der Waals surface area (Å²) in [6, 6.07) is 0. The first-order valence-electron chi connectivity index (χ1n) is 6.70. The molecule has 2 heteroatoms. The van der Waals surface area contributed by atoms with Crippen LogP contribution >= 0.6 is 0 Å². The summed E-state index contributed by atoms with van der Waals surface area (Å²) in [5.41, 5.74) is -1.26. The van der Waals surface area contributed by atoms with E-state index < -0.39 is 11.7 Å². The molecule has 98 valence electrons. The van der Waals surface area contributed by atoms with Gasteiger partial charge in [-0.2, -0.15) is 0 Å². The lowest BCUT2D eigenvalue weighted by molar-refractivity contribution is -0.0655. The Morgan fingerprint density at radius 3 is 2.06 bits per heavy atom.